The third-order valence-electron chi connectivity index (χ3n) is 2.24. The Morgan fingerprint density at radius 1 is 1.19 bits per heavy atom. The number of rotatable bonds is 9. The number of hydrogen-bond donors (Lipinski definition) is 2. The summed E-state index contributed by atoms with van der Waals surface area (Å²) in [6, 6.07) is 0. The molecular weight excluding hydrogens is 234 g/mol. The molecule has 0 aromatic carbocycles. The van der Waals surface area contributed by atoms with Crippen LogP contribution in [0.1, 0.15) is 6.42 Å². The Balaban J connectivity index is 3.70. The van der Waals surface area contributed by atoms with E-state index in [9.17, 15) is 8.42 Å². The first-order chi connectivity index (χ1) is 7.27. The Labute approximate surface area is 97.2 Å². The lowest BCUT2D eigenvalue weighted by Gasteiger charge is -2.29. The van der Waals surface area contributed by atoms with E-state index in [0.29, 0.717) is 30.7 Å². The summed E-state index contributed by atoms with van der Waals surface area (Å²) in [6.45, 7) is 2.26. The summed E-state index contributed by atoms with van der Waals surface area (Å²) in [5, 5.41) is 8.50. The van der Waals surface area contributed by atoms with Gasteiger partial charge in [-0.05, 0) is 0 Å². The number of quaternary nitrogens is 1. The summed E-state index contributed by atoms with van der Waals surface area (Å²) < 4.78 is 35.4. The van der Waals surface area contributed by atoms with E-state index in [2.05, 4.69) is 0 Å². The molecule has 0 atom stereocenters. The third kappa shape index (κ3) is 10.3. The van der Waals surface area contributed by atoms with E-state index in [-0.39, 0.29) is 12.4 Å². The first-order valence-electron chi connectivity index (χ1n) is 5.23. The molecule has 7 heteroatoms. The van der Waals surface area contributed by atoms with E-state index in [0.717, 1.165) is 6.54 Å². The van der Waals surface area contributed by atoms with Crippen molar-refractivity contribution < 1.29 is 27.3 Å². The summed E-state index contributed by atoms with van der Waals surface area (Å²) in [5.41, 5.74) is 0. The minimum absolute atomic E-state index is 0.0101. The highest BCUT2D eigenvalue weighted by molar-refractivity contribution is 7.85. The maximum Gasteiger partial charge on any atom is 0.265 e. The standard InChI is InChI=1S/C9H21NO5S/c1-10(2,5-7-15-8-6-11)4-3-9-16(12,13)14/h11H,3-9H2,1-2H3/p+1. The number of aliphatic hydroxyl groups is 1. The molecule has 98 valence electrons. The molecule has 0 unspecified atom stereocenters. The minimum Gasteiger partial charge on any atom is -0.394 e. The molecule has 0 bridgehead atoms. The van der Waals surface area contributed by atoms with E-state index in [1.165, 1.54) is 0 Å². The Hall–Kier alpha value is -0.210. The first kappa shape index (κ1) is 15.8. The van der Waals surface area contributed by atoms with Crippen molar-refractivity contribution in [2.24, 2.45) is 0 Å². The van der Waals surface area contributed by atoms with Crippen LogP contribution in [-0.2, 0) is 14.9 Å². The highest BCUT2D eigenvalue weighted by Crippen LogP contribution is 2.01. The number of aliphatic hydroxyl groups excluding tert-OH is 1. The van der Waals surface area contributed by atoms with Crippen LogP contribution in [-0.4, -0.2) is 75.3 Å². The van der Waals surface area contributed by atoms with Crippen molar-refractivity contribution in [1.82, 2.24) is 0 Å². The number of likely N-dealkylation sites (N-methyl/N-ethyl adjacent to an activating group) is 1. The van der Waals surface area contributed by atoms with E-state index >= 15 is 0 Å². The lowest BCUT2D eigenvalue weighted by Crippen LogP contribution is -2.43. The van der Waals surface area contributed by atoms with Gasteiger partial charge in [-0.1, -0.05) is 0 Å². The molecule has 0 spiro atoms. The van der Waals surface area contributed by atoms with Gasteiger partial charge in [0.25, 0.3) is 10.1 Å². The van der Waals surface area contributed by atoms with Crippen LogP contribution in [0, 0.1) is 0 Å². The fourth-order valence-corrected chi connectivity index (χ4v) is 1.76. The van der Waals surface area contributed by atoms with E-state index in [1.807, 2.05) is 14.1 Å². The van der Waals surface area contributed by atoms with Crippen molar-refractivity contribution in [2.45, 2.75) is 6.42 Å². The van der Waals surface area contributed by atoms with E-state index in [4.69, 9.17) is 14.4 Å². The lowest BCUT2D eigenvalue weighted by atomic mass is 10.4. The van der Waals surface area contributed by atoms with Crippen LogP contribution in [0.25, 0.3) is 0 Å². The fraction of sp³-hybridized carbons (Fsp3) is 1.00. The topological polar surface area (TPSA) is 83.8 Å². The Morgan fingerprint density at radius 3 is 2.31 bits per heavy atom. The number of hydrogen-bond acceptors (Lipinski definition) is 4. The molecule has 0 saturated carbocycles. The molecule has 0 rings (SSSR count). The zero-order valence-electron chi connectivity index (χ0n) is 9.92. The maximum absolute atomic E-state index is 10.5. The maximum atomic E-state index is 10.5. The van der Waals surface area contributed by atoms with Crippen molar-refractivity contribution in [3.63, 3.8) is 0 Å². The number of ether oxygens (including phenoxy) is 1. The van der Waals surface area contributed by atoms with E-state index in [1.54, 1.807) is 0 Å². The van der Waals surface area contributed by atoms with Gasteiger partial charge in [0, 0.05) is 6.42 Å². The molecule has 0 aliphatic heterocycles. The van der Waals surface area contributed by atoms with Crippen molar-refractivity contribution in [1.29, 1.82) is 0 Å². The van der Waals surface area contributed by atoms with Crippen LogP contribution in [0.3, 0.4) is 0 Å². The predicted octanol–water partition coefficient (Wildman–Crippen LogP) is -0.650. The molecule has 0 aromatic heterocycles. The molecule has 0 heterocycles. The average Bonchev–Trinajstić information content (AvgIpc) is 2.10. The highest BCUT2D eigenvalue weighted by Gasteiger charge is 2.16. The fourth-order valence-electron chi connectivity index (χ4n) is 1.27. The quantitative estimate of drug-likeness (QED) is 0.325. The summed E-state index contributed by atoms with van der Waals surface area (Å²) in [6.07, 6.45) is 0.422. The molecule has 6 nitrogen and oxygen atoms in total. The molecular formula is C9H22NO5S+. The van der Waals surface area contributed by atoms with Crippen molar-refractivity contribution in [2.75, 3.05) is 52.8 Å². The molecule has 0 saturated heterocycles. The second kappa shape index (κ2) is 7.18. The highest BCUT2D eigenvalue weighted by atomic mass is 32.2. The minimum atomic E-state index is -3.85. The molecule has 0 fully saturated rings. The van der Waals surface area contributed by atoms with Gasteiger partial charge in [0.2, 0.25) is 0 Å². The molecule has 0 radical (unpaired) electrons. The molecule has 0 amide bonds. The monoisotopic (exact) mass is 256 g/mol. The summed E-state index contributed by atoms with van der Waals surface area (Å²) in [7, 11) is 0.0792. The van der Waals surface area contributed by atoms with Gasteiger partial charge in [-0.3, -0.25) is 4.55 Å². The van der Waals surface area contributed by atoms with Crippen LogP contribution in [0.2, 0.25) is 0 Å². The first-order valence-corrected chi connectivity index (χ1v) is 6.83. The predicted molar refractivity (Wildman–Crippen MR) is 60.8 cm³/mol. The summed E-state index contributed by atoms with van der Waals surface area (Å²) in [5.74, 6) is -0.202. The normalized spacial score (nSPS) is 13.0. The van der Waals surface area contributed by atoms with Gasteiger partial charge in [-0.15, -0.1) is 0 Å². The van der Waals surface area contributed by atoms with Gasteiger partial charge in [0.1, 0.15) is 6.54 Å². The SMILES string of the molecule is C[N+](C)(CCCS(=O)(=O)O)CCOCCO. The largest absolute Gasteiger partial charge is 0.394 e. The van der Waals surface area contributed by atoms with Gasteiger partial charge in [0.05, 0.1) is 46.2 Å². The molecule has 2 N–H and O–H groups in total. The smallest absolute Gasteiger partial charge is 0.265 e. The Bertz CT molecular complexity index is 276. The van der Waals surface area contributed by atoms with Gasteiger partial charge in [-0.2, -0.15) is 8.42 Å². The van der Waals surface area contributed by atoms with Gasteiger partial charge in [0.15, 0.2) is 0 Å². The summed E-state index contributed by atoms with van der Waals surface area (Å²) >= 11 is 0. The van der Waals surface area contributed by atoms with Crippen LogP contribution in [0.5, 0.6) is 0 Å². The van der Waals surface area contributed by atoms with Gasteiger partial charge >= 0.3 is 0 Å². The average molecular weight is 256 g/mol. The summed E-state index contributed by atoms with van der Waals surface area (Å²) in [4.78, 5) is 0. The third-order valence-corrected chi connectivity index (χ3v) is 3.05. The van der Waals surface area contributed by atoms with Gasteiger partial charge in [-0.25, -0.2) is 0 Å². The Kier molecular flexibility index (Phi) is 7.09. The van der Waals surface area contributed by atoms with Crippen molar-refractivity contribution in [3.05, 3.63) is 0 Å². The lowest BCUT2D eigenvalue weighted by molar-refractivity contribution is -0.890. The van der Waals surface area contributed by atoms with Gasteiger partial charge < -0.3 is 14.3 Å². The number of nitrogens with zero attached hydrogens (tertiary/aromatic N) is 1. The molecule has 0 aliphatic carbocycles. The molecule has 16 heavy (non-hydrogen) atoms. The van der Waals surface area contributed by atoms with Crippen LogP contribution >= 0.6 is 0 Å². The van der Waals surface area contributed by atoms with Crippen molar-refractivity contribution >= 4 is 10.1 Å². The van der Waals surface area contributed by atoms with Crippen LogP contribution in [0.15, 0.2) is 0 Å². The Morgan fingerprint density at radius 2 is 1.81 bits per heavy atom. The van der Waals surface area contributed by atoms with E-state index < -0.39 is 10.1 Å². The zero-order valence-corrected chi connectivity index (χ0v) is 10.7. The second-order valence-corrected chi connectivity index (χ2v) is 5.93. The molecule has 0 aliphatic rings. The van der Waals surface area contributed by atoms with Crippen LogP contribution < -0.4 is 0 Å². The zero-order chi connectivity index (χ0) is 12.7. The second-order valence-electron chi connectivity index (χ2n) is 4.36. The van der Waals surface area contributed by atoms with Crippen molar-refractivity contribution in [3.8, 4) is 0 Å². The molecule has 0 aromatic rings. The van der Waals surface area contributed by atoms with Crippen LogP contribution in [0.4, 0.5) is 0 Å².